The van der Waals surface area contributed by atoms with Crippen LogP contribution in [0.15, 0.2) is 59.9 Å². The van der Waals surface area contributed by atoms with Crippen LogP contribution in [-0.2, 0) is 6.42 Å². The Kier molecular flexibility index (Phi) is 7.59. The molecule has 3 N–H and O–H groups in total. The van der Waals surface area contributed by atoms with Crippen LogP contribution in [0.25, 0.3) is 5.82 Å². The summed E-state index contributed by atoms with van der Waals surface area (Å²) in [6.07, 6.45) is 1.85. The van der Waals surface area contributed by atoms with Gasteiger partial charge in [0.05, 0.1) is 31.3 Å². The minimum atomic E-state index is 0.137. The molecule has 0 aliphatic heterocycles. The molecule has 0 saturated carbocycles. The van der Waals surface area contributed by atoms with Gasteiger partial charge in [-0.25, -0.2) is 9.97 Å². The van der Waals surface area contributed by atoms with Crippen molar-refractivity contribution < 1.29 is 14.2 Å². The molecule has 4 rings (SSSR count). The zero-order valence-corrected chi connectivity index (χ0v) is 20.6. The number of nitrogens with two attached hydrogens (primary N) is 1. The van der Waals surface area contributed by atoms with Gasteiger partial charge in [0.2, 0.25) is 11.8 Å². The molecular weight excluding hydrogens is 460 g/mol. The van der Waals surface area contributed by atoms with Crippen LogP contribution in [-0.4, -0.2) is 58.3 Å². The molecule has 11 nitrogen and oxygen atoms in total. The van der Waals surface area contributed by atoms with Crippen LogP contribution in [0.2, 0.25) is 0 Å². The van der Waals surface area contributed by atoms with Gasteiger partial charge in [-0.1, -0.05) is 18.2 Å². The van der Waals surface area contributed by atoms with Crippen molar-refractivity contribution >= 4 is 23.0 Å². The number of nitrogens with one attached hydrogen (secondary N) is 1. The molecule has 0 bridgehead atoms. The van der Waals surface area contributed by atoms with Gasteiger partial charge < -0.3 is 25.3 Å². The fourth-order valence-corrected chi connectivity index (χ4v) is 3.56. The number of benzene rings is 2. The maximum absolute atomic E-state index is 5.92. The number of methoxy groups -OCH3 is 2. The number of nitrogen functional groups attached to an aromatic ring is 1. The van der Waals surface area contributed by atoms with Gasteiger partial charge >= 0.3 is 0 Å². The second-order valence-corrected chi connectivity index (χ2v) is 7.78. The van der Waals surface area contributed by atoms with Crippen LogP contribution in [0, 0.1) is 0 Å². The molecule has 11 heteroatoms. The van der Waals surface area contributed by atoms with Crippen molar-refractivity contribution in [1.82, 2.24) is 24.7 Å². The van der Waals surface area contributed by atoms with E-state index in [1.54, 1.807) is 25.0 Å². The lowest BCUT2D eigenvalue weighted by atomic mass is 10.1. The van der Waals surface area contributed by atoms with Gasteiger partial charge in [0.25, 0.3) is 0 Å². The highest BCUT2D eigenvalue weighted by Gasteiger charge is 2.15. The first-order valence-corrected chi connectivity index (χ1v) is 11.2. The Balaban J connectivity index is 1.52. The van der Waals surface area contributed by atoms with Crippen molar-refractivity contribution in [2.24, 2.45) is 4.99 Å². The van der Waals surface area contributed by atoms with E-state index in [-0.39, 0.29) is 12.6 Å². The second-order valence-electron chi connectivity index (χ2n) is 7.78. The number of hydrogen-bond acceptors (Lipinski definition) is 10. The van der Waals surface area contributed by atoms with E-state index in [9.17, 15) is 0 Å². The van der Waals surface area contributed by atoms with Crippen molar-refractivity contribution in [3.8, 4) is 23.2 Å². The number of hydrogen-bond donors (Lipinski definition) is 2. The third-order valence-electron chi connectivity index (χ3n) is 5.26. The summed E-state index contributed by atoms with van der Waals surface area (Å²) in [5, 5.41) is 7.44. The summed E-state index contributed by atoms with van der Waals surface area (Å²) in [6.45, 7) is 2.15. The highest BCUT2D eigenvalue weighted by molar-refractivity contribution is 5.87. The minimum absolute atomic E-state index is 0.137. The first kappa shape index (κ1) is 24.5. The van der Waals surface area contributed by atoms with E-state index in [1.807, 2.05) is 56.4 Å². The highest BCUT2D eigenvalue weighted by Crippen LogP contribution is 2.29. The van der Waals surface area contributed by atoms with E-state index < -0.39 is 0 Å². The Morgan fingerprint density at radius 1 is 1.06 bits per heavy atom. The molecule has 2 heterocycles. The molecule has 0 radical (unpaired) electrons. The van der Waals surface area contributed by atoms with Crippen molar-refractivity contribution in [3.63, 3.8) is 0 Å². The maximum Gasteiger partial charge on any atom is 0.240 e. The lowest BCUT2D eigenvalue weighted by molar-refractivity contribution is 0.354. The average Bonchev–Trinajstić information content (AvgIpc) is 3.27. The molecule has 0 fully saturated rings. The number of aliphatic imine (C=N–C) groups is 1. The number of para-hydroxylation sites is 2. The smallest absolute Gasteiger partial charge is 0.240 e. The van der Waals surface area contributed by atoms with Crippen LogP contribution in [0.3, 0.4) is 0 Å². The number of rotatable bonds is 10. The molecule has 0 unspecified atom stereocenters. The molecular formula is C25H28N8O3. The predicted octanol–water partition coefficient (Wildman–Crippen LogP) is 3.46. The molecule has 186 valence electrons. The minimum Gasteiger partial charge on any atom is -0.493 e. The summed E-state index contributed by atoms with van der Waals surface area (Å²) in [7, 11) is 5.05. The van der Waals surface area contributed by atoms with Gasteiger partial charge in [-0.3, -0.25) is 4.99 Å². The van der Waals surface area contributed by atoms with Gasteiger partial charge in [0.15, 0.2) is 17.3 Å². The molecule has 0 saturated heterocycles. The Labute approximate surface area is 209 Å². The van der Waals surface area contributed by atoms with E-state index in [4.69, 9.17) is 19.9 Å². The summed E-state index contributed by atoms with van der Waals surface area (Å²) < 4.78 is 18.2. The van der Waals surface area contributed by atoms with E-state index in [2.05, 4.69) is 30.4 Å². The molecule has 0 spiro atoms. The van der Waals surface area contributed by atoms with Crippen LogP contribution in [0.5, 0.6) is 17.4 Å². The summed E-state index contributed by atoms with van der Waals surface area (Å²) >= 11 is 0. The maximum atomic E-state index is 5.92. The fourth-order valence-electron chi connectivity index (χ4n) is 3.56. The number of anilines is 2. The lowest BCUT2D eigenvalue weighted by Gasteiger charge is -2.10. The van der Waals surface area contributed by atoms with Crippen molar-refractivity contribution in [3.05, 3.63) is 66.2 Å². The summed E-state index contributed by atoms with van der Waals surface area (Å²) in [6, 6.07) is 15.1. The van der Waals surface area contributed by atoms with Crippen LogP contribution >= 0.6 is 0 Å². The Morgan fingerprint density at radius 2 is 1.86 bits per heavy atom. The van der Waals surface area contributed by atoms with Gasteiger partial charge in [0.1, 0.15) is 18.8 Å². The van der Waals surface area contributed by atoms with Crippen molar-refractivity contribution in [1.29, 1.82) is 0 Å². The van der Waals surface area contributed by atoms with Gasteiger partial charge in [-0.2, -0.15) is 9.67 Å². The zero-order chi connectivity index (χ0) is 25.5. The predicted molar refractivity (Wildman–Crippen MR) is 138 cm³/mol. The van der Waals surface area contributed by atoms with Crippen LogP contribution < -0.4 is 25.3 Å². The Morgan fingerprint density at radius 3 is 2.64 bits per heavy atom. The molecule has 0 atom stereocenters. The molecule has 2 aromatic heterocycles. The molecule has 0 amide bonds. The number of nitrogens with zero attached hydrogens (tertiary/aromatic N) is 6. The average molecular weight is 489 g/mol. The third-order valence-corrected chi connectivity index (χ3v) is 5.26. The topological polar surface area (TPSA) is 135 Å². The lowest BCUT2D eigenvalue weighted by Crippen LogP contribution is -2.10. The summed E-state index contributed by atoms with van der Waals surface area (Å²) in [5.41, 5.74) is 9.43. The Hall–Kier alpha value is -4.67. The second kappa shape index (κ2) is 11.2. The molecule has 2 aromatic carbocycles. The first-order chi connectivity index (χ1) is 17.5. The normalized spacial score (nSPS) is 11.3. The van der Waals surface area contributed by atoms with Gasteiger partial charge in [-0.05, 0) is 36.8 Å². The Bertz CT molecular complexity index is 1370. The SMILES string of the molecule is CNc1ccccc1N=C(C)COc1cc(-n2nc(N)nc2Cc2ccc(OC)c(OC)c2)ncn1. The standard InChI is InChI=1S/C25H28N8O3/c1-16(30-19-8-6-5-7-18(19)27-2)14-36-24-13-22(28-15-29-24)33-23(31-25(26)32-33)12-17-9-10-20(34-3)21(11-17)35-4/h5-11,13,15,27H,12,14H2,1-4H3,(H2,26,32). The third kappa shape index (κ3) is 5.69. The first-order valence-electron chi connectivity index (χ1n) is 11.2. The van der Waals surface area contributed by atoms with Crippen molar-refractivity contribution in [2.45, 2.75) is 13.3 Å². The zero-order valence-electron chi connectivity index (χ0n) is 20.6. The fraction of sp³-hybridized carbons (Fsp3) is 0.240. The van der Waals surface area contributed by atoms with Gasteiger partial charge in [-0.15, -0.1) is 5.10 Å². The summed E-state index contributed by atoms with van der Waals surface area (Å²) in [4.78, 5) is 17.6. The van der Waals surface area contributed by atoms with Crippen LogP contribution in [0.1, 0.15) is 18.3 Å². The van der Waals surface area contributed by atoms with E-state index in [0.717, 1.165) is 22.6 Å². The molecule has 0 aliphatic carbocycles. The van der Waals surface area contributed by atoms with Crippen LogP contribution in [0.4, 0.5) is 17.3 Å². The quantitative estimate of drug-likeness (QED) is 0.322. The molecule has 4 aromatic rings. The largest absolute Gasteiger partial charge is 0.493 e. The molecule has 0 aliphatic rings. The highest BCUT2D eigenvalue weighted by atomic mass is 16.5. The summed E-state index contributed by atoms with van der Waals surface area (Å²) in [5.74, 6) is 2.87. The number of aromatic nitrogens is 5. The van der Waals surface area contributed by atoms with E-state index >= 15 is 0 Å². The van der Waals surface area contributed by atoms with Crippen molar-refractivity contribution in [2.75, 3.05) is 38.9 Å². The van der Waals surface area contributed by atoms with E-state index in [0.29, 0.717) is 35.4 Å². The number of ether oxygens (including phenoxy) is 3. The van der Waals surface area contributed by atoms with Gasteiger partial charge in [0, 0.05) is 19.5 Å². The monoisotopic (exact) mass is 488 g/mol. The van der Waals surface area contributed by atoms with E-state index in [1.165, 1.54) is 6.33 Å². The molecule has 36 heavy (non-hydrogen) atoms.